The summed E-state index contributed by atoms with van der Waals surface area (Å²) in [5.41, 5.74) is -0.473. The lowest BCUT2D eigenvalue weighted by Gasteiger charge is -2.19. The number of amides is 1. The van der Waals surface area contributed by atoms with Gasteiger partial charge in [0.2, 0.25) is 0 Å². The highest BCUT2D eigenvalue weighted by Gasteiger charge is 2.14. The summed E-state index contributed by atoms with van der Waals surface area (Å²) in [6.45, 7) is 9.87. The van der Waals surface area contributed by atoms with Crippen molar-refractivity contribution >= 4 is 6.09 Å². The molecule has 0 unspecified atom stereocenters. The van der Waals surface area contributed by atoms with Crippen molar-refractivity contribution in [2.24, 2.45) is 0 Å². The Bertz CT molecular complexity index is 150. The quantitative estimate of drug-likeness (QED) is 0.765. The number of alkyl carbamates (subject to hydrolysis) is 1. The second-order valence-corrected chi connectivity index (χ2v) is 4.15. The zero-order valence-corrected chi connectivity index (χ0v) is 10.6. The first-order valence-corrected chi connectivity index (χ1v) is 5.45. The van der Waals surface area contributed by atoms with Gasteiger partial charge in [0.1, 0.15) is 5.60 Å². The van der Waals surface area contributed by atoms with Crippen LogP contribution in [-0.2, 0) is 4.74 Å². The summed E-state index contributed by atoms with van der Waals surface area (Å²) in [5.74, 6) is 0. The molecule has 0 fully saturated rings. The fourth-order valence-electron chi connectivity index (χ4n) is 0.472. The van der Waals surface area contributed by atoms with Crippen LogP contribution in [0.2, 0.25) is 0 Å². The van der Waals surface area contributed by atoms with Crippen LogP contribution in [0.1, 0.15) is 47.5 Å². The number of carbonyl (C=O) groups excluding carboxylic acids is 1. The largest absolute Gasteiger partial charge is 0.444 e. The van der Waals surface area contributed by atoms with Crippen LogP contribution in [0, 0.1) is 0 Å². The lowest BCUT2D eigenvalue weighted by atomic mass is 10.2. The van der Waals surface area contributed by atoms with E-state index in [-0.39, 0.29) is 13.2 Å². The van der Waals surface area contributed by atoms with Gasteiger partial charge in [-0.2, -0.15) is 0 Å². The number of carbonyl (C=O) groups is 1. The molecule has 0 radical (unpaired) electrons. The molecule has 0 aromatic carbocycles. The number of aliphatic hydroxyl groups is 1. The van der Waals surface area contributed by atoms with Crippen molar-refractivity contribution in [1.29, 1.82) is 0 Å². The second kappa shape index (κ2) is 9.77. The van der Waals surface area contributed by atoms with E-state index >= 15 is 0 Å². The Hall–Kier alpha value is -0.770. The van der Waals surface area contributed by atoms with E-state index in [2.05, 4.69) is 19.2 Å². The SMILES string of the molecule is CC(C)(C)OC(=O)NCCO.CCCC. The molecule has 0 aliphatic heterocycles. The van der Waals surface area contributed by atoms with Crippen molar-refractivity contribution in [2.75, 3.05) is 13.2 Å². The molecule has 0 rings (SSSR count). The Morgan fingerprint density at radius 2 is 1.73 bits per heavy atom. The minimum atomic E-state index is -0.494. The summed E-state index contributed by atoms with van der Waals surface area (Å²) < 4.78 is 4.88. The summed E-state index contributed by atoms with van der Waals surface area (Å²) in [5, 5.41) is 10.7. The molecule has 0 heterocycles. The Balaban J connectivity index is 0. The van der Waals surface area contributed by atoms with Crippen LogP contribution in [0.25, 0.3) is 0 Å². The smallest absolute Gasteiger partial charge is 0.407 e. The Labute approximate surface area is 93.0 Å². The highest BCUT2D eigenvalue weighted by atomic mass is 16.6. The molecule has 92 valence electrons. The molecule has 0 aromatic rings. The Kier molecular flexibility index (Phi) is 10.8. The second-order valence-electron chi connectivity index (χ2n) is 4.15. The van der Waals surface area contributed by atoms with E-state index in [4.69, 9.17) is 9.84 Å². The van der Waals surface area contributed by atoms with Gasteiger partial charge in [0.15, 0.2) is 0 Å². The summed E-state index contributed by atoms with van der Waals surface area (Å²) in [6, 6.07) is 0. The number of aliphatic hydroxyl groups excluding tert-OH is 1. The molecule has 4 nitrogen and oxygen atoms in total. The molecule has 0 atom stereocenters. The van der Waals surface area contributed by atoms with E-state index in [0.717, 1.165) is 0 Å². The Morgan fingerprint density at radius 1 is 1.27 bits per heavy atom. The molecule has 2 N–H and O–H groups in total. The molecule has 0 aromatic heterocycles. The maximum absolute atomic E-state index is 10.8. The van der Waals surface area contributed by atoms with E-state index in [1.807, 2.05) is 0 Å². The van der Waals surface area contributed by atoms with Gasteiger partial charge < -0.3 is 15.2 Å². The van der Waals surface area contributed by atoms with Crippen LogP contribution in [0.15, 0.2) is 0 Å². The van der Waals surface area contributed by atoms with Gasteiger partial charge >= 0.3 is 6.09 Å². The molecule has 0 aliphatic rings. The lowest BCUT2D eigenvalue weighted by Crippen LogP contribution is -2.33. The first kappa shape index (κ1) is 16.7. The van der Waals surface area contributed by atoms with E-state index < -0.39 is 11.7 Å². The van der Waals surface area contributed by atoms with Crippen LogP contribution >= 0.6 is 0 Å². The van der Waals surface area contributed by atoms with E-state index in [1.54, 1.807) is 20.8 Å². The number of rotatable bonds is 3. The van der Waals surface area contributed by atoms with Gasteiger partial charge in [0, 0.05) is 6.54 Å². The summed E-state index contributed by atoms with van der Waals surface area (Å²) in [4.78, 5) is 10.8. The molecular formula is C11H25NO3. The molecule has 4 heteroatoms. The number of hydrogen-bond donors (Lipinski definition) is 2. The van der Waals surface area contributed by atoms with Gasteiger partial charge in [0.25, 0.3) is 0 Å². The average molecular weight is 219 g/mol. The van der Waals surface area contributed by atoms with Gasteiger partial charge in [0.05, 0.1) is 6.61 Å². The zero-order chi connectivity index (χ0) is 12.3. The molecule has 0 bridgehead atoms. The molecule has 0 saturated carbocycles. The topological polar surface area (TPSA) is 58.6 Å². The van der Waals surface area contributed by atoms with Crippen molar-refractivity contribution in [3.05, 3.63) is 0 Å². The van der Waals surface area contributed by atoms with Crippen LogP contribution in [-0.4, -0.2) is 30.0 Å². The normalized spacial score (nSPS) is 10.0. The summed E-state index contributed by atoms with van der Waals surface area (Å²) >= 11 is 0. The van der Waals surface area contributed by atoms with Gasteiger partial charge in [-0.3, -0.25) is 0 Å². The summed E-state index contributed by atoms with van der Waals surface area (Å²) in [7, 11) is 0. The molecule has 0 aliphatic carbocycles. The van der Waals surface area contributed by atoms with Crippen molar-refractivity contribution in [3.63, 3.8) is 0 Å². The van der Waals surface area contributed by atoms with Crippen molar-refractivity contribution in [2.45, 2.75) is 53.1 Å². The third-order valence-electron chi connectivity index (χ3n) is 1.28. The van der Waals surface area contributed by atoms with Crippen LogP contribution in [0.3, 0.4) is 0 Å². The van der Waals surface area contributed by atoms with Crippen LogP contribution in [0.4, 0.5) is 4.79 Å². The van der Waals surface area contributed by atoms with Gasteiger partial charge in [-0.25, -0.2) is 4.79 Å². The summed E-state index contributed by atoms with van der Waals surface area (Å²) in [6.07, 6.45) is 2.14. The molecule has 0 saturated heterocycles. The monoisotopic (exact) mass is 219 g/mol. The highest BCUT2D eigenvalue weighted by molar-refractivity contribution is 5.67. The Morgan fingerprint density at radius 3 is 2.00 bits per heavy atom. The highest BCUT2D eigenvalue weighted by Crippen LogP contribution is 2.05. The first-order valence-electron chi connectivity index (χ1n) is 5.45. The van der Waals surface area contributed by atoms with Crippen molar-refractivity contribution in [1.82, 2.24) is 5.32 Å². The average Bonchev–Trinajstić information content (AvgIpc) is 2.12. The van der Waals surface area contributed by atoms with Crippen molar-refractivity contribution in [3.8, 4) is 0 Å². The van der Waals surface area contributed by atoms with E-state index in [0.29, 0.717) is 0 Å². The lowest BCUT2D eigenvalue weighted by molar-refractivity contribution is 0.0518. The number of unbranched alkanes of at least 4 members (excludes halogenated alkanes) is 1. The zero-order valence-electron chi connectivity index (χ0n) is 10.6. The van der Waals surface area contributed by atoms with Gasteiger partial charge in [-0.1, -0.05) is 26.7 Å². The minimum absolute atomic E-state index is 0.0702. The minimum Gasteiger partial charge on any atom is -0.444 e. The predicted molar refractivity (Wildman–Crippen MR) is 61.9 cm³/mol. The fourth-order valence-corrected chi connectivity index (χ4v) is 0.472. The molecule has 0 spiro atoms. The molecular weight excluding hydrogens is 194 g/mol. The van der Waals surface area contributed by atoms with Crippen molar-refractivity contribution < 1.29 is 14.6 Å². The maximum Gasteiger partial charge on any atom is 0.407 e. The fraction of sp³-hybridized carbons (Fsp3) is 0.909. The van der Waals surface area contributed by atoms with Crippen LogP contribution in [0.5, 0.6) is 0 Å². The number of ether oxygens (including phenoxy) is 1. The predicted octanol–water partition coefficient (Wildman–Crippen LogP) is 2.31. The van der Waals surface area contributed by atoms with Crippen LogP contribution < -0.4 is 5.32 Å². The number of nitrogens with one attached hydrogen (secondary N) is 1. The van der Waals surface area contributed by atoms with Gasteiger partial charge in [-0.05, 0) is 20.8 Å². The standard InChI is InChI=1S/C7H15NO3.C4H10/c1-7(2,3)11-6(10)8-4-5-9;1-3-4-2/h9H,4-5H2,1-3H3,(H,8,10);3-4H2,1-2H3. The molecule has 1 amide bonds. The number of hydrogen-bond acceptors (Lipinski definition) is 3. The third kappa shape index (κ3) is 19.6. The maximum atomic E-state index is 10.8. The third-order valence-corrected chi connectivity index (χ3v) is 1.28. The first-order chi connectivity index (χ1) is 6.87. The van der Waals surface area contributed by atoms with Gasteiger partial charge in [-0.15, -0.1) is 0 Å². The van der Waals surface area contributed by atoms with E-state index in [1.165, 1.54) is 12.8 Å². The van der Waals surface area contributed by atoms with E-state index in [9.17, 15) is 4.79 Å². The molecule has 15 heavy (non-hydrogen) atoms.